The number of hydrogen-bond acceptors (Lipinski definition) is 2. The fourth-order valence-corrected chi connectivity index (χ4v) is 2.22. The number of rotatable bonds is 11. The van der Waals surface area contributed by atoms with Crippen LogP contribution in [0.4, 0.5) is 0 Å². The van der Waals surface area contributed by atoms with Crippen molar-refractivity contribution in [2.75, 3.05) is 26.7 Å². The smallest absolute Gasteiger partial charge is 0.0997 e. The number of amidine groups is 1. The molecule has 0 radical (unpaired) electrons. The molecule has 0 rings (SSSR count). The van der Waals surface area contributed by atoms with Gasteiger partial charge >= 0.3 is 0 Å². The van der Waals surface area contributed by atoms with Crippen LogP contribution in [0.1, 0.15) is 40.5 Å². The topological polar surface area (TPSA) is 27.6 Å². The first-order valence-corrected chi connectivity index (χ1v) is 8.63. The summed E-state index contributed by atoms with van der Waals surface area (Å²) in [7, 11) is 1.98. The van der Waals surface area contributed by atoms with Gasteiger partial charge < -0.3 is 10.2 Å². The molecule has 3 heteroatoms. The van der Waals surface area contributed by atoms with Gasteiger partial charge in [-0.05, 0) is 64.9 Å². The SMILES string of the molecule is C=CCCN=C(C)N(C=C)CC/C=C\C(C)=C(\C=C(C)C)CNC. The molecule has 0 heterocycles. The minimum absolute atomic E-state index is 0.785. The van der Waals surface area contributed by atoms with Crippen LogP contribution >= 0.6 is 0 Å². The van der Waals surface area contributed by atoms with Gasteiger partial charge in [0.05, 0.1) is 5.84 Å². The van der Waals surface area contributed by atoms with Gasteiger partial charge in [0.25, 0.3) is 0 Å². The Labute approximate surface area is 149 Å². The molecule has 0 unspecified atom stereocenters. The van der Waals surface area contributed by atoms with Gasteiger partial charge in [0.2, 0.25) is 0 Å². The molecule has 0 aliphatic heterocycles. The molecule has 0 aliphatic carbocycles. The Morgan fingerprint density at radius 3 is 2.38 bits per heavy atom. The average molecular weight is 330 g/mol. The van der Waals surface area contributed by atoms with E-state index in [4.69, 9.17) is 0 Å². The molecule has 0 bridgehead atoms. The van der Waals surface area contributed by atoms with Crippen molar-refractivity contribution in [1.82, 2.24) is 10.2 Å². The normalized spacial score (nSPS) is 12.8. The van der Waals surface area contributed by atoms with Crippen LogP contribution in [-0.2, 0) is 0 Å². The summed E-state index contributed by atoms with van der Waals surface area (Å²) < 4.78 is 0. The Morgan fingerprint density at radius 2 is 1.83 bits per heavy atom. The fourth-order valence-electron chi connectivity index (χ4n) is 2.22. The summed E-state index contributed by atoms with van der Waals surface area (Å²) in [4.78, 5) is 6.63. The highest BCUT2D eigenvalue weighted by Crippen LogP contribution is 2.10. The molecule has 24 heavy (non-hydrogen) atoms. The maximum absolute atomic E-state index is 4.53. The summed E-state index contributed by atoms with van der Waals surface area (Å²) in [5, 5.41) is 3.23. The summed E-state index contributed by atoms with van der Waals surface area (Å²) in [5.41, 5.74) is 3.95. The highest BCUT2D eigenvalue weighted by molar-refractivity contribution is 5.80. The van der Waals surface area contributed by atoms with Gasteiger partial charge in [-0.15, -0.1) is 6.58 Å². The number of likely N-dealkylation sites (N-methyl/N-ethyl adjacent to an activating group) is 1. The number of nitrogens with one attached hydrogen (secondary N) is 1. The van der Waals surface area contributed by atoms with Gasteiger partial charge in [-0.25, -0.2) is 0 Å². The van der Waals surface area contributed by atoms with Crippen LogP contribution in [0.3, 0.4) is 0 Å². The third-order valence-corrected chi connectivity index (χ3v) is 3.55. The van der Waals surface area contributed by atoms with Crippen molar-refractivity contribution in [3.63, 3.8) is 0 Å². The van der Waals surface area contributed by atoms with E-state index in [1.54, 1.807) is 0 Å². The lowest BCUT2D eigenvalue weighted by molar-refractivity contribution is 0.558. The summed E-state index contributed by atoms with van der Waals surface area (Å²) in [5.74, 6) is 1.01. The van der Waals surface area contributed by atoms with Crippen LogP contribution < -0.4 is 5.32 Å². The molecule has 0 aliphatic rings. The summed E-state index contributed by atoms with van der Waals surface area (Å²) in [6, 6.07) is 0. The quantitative estimate of drug-likeness (QED) is 0.192. The highest BCUT2D eigenvalue weighted by atomic mass is 15.2. The van der Waals surface area contributed by atoms with E-state index < -0.39 is 0 Å². The Bertz CT molecular complexity index is 503. The first kappa shape index (κ1) is 22.1. The average Bonchev–Trinajstić information content (AvgIpc) is 2.54. The summed E-state index contributed by atoms with van der Waals surface area (Å²) in [6.45, 7) is 18.6. The van der Waals surface area contributed by atoms with E-state index in [0.29, 0.717) is 0 Å². The van der Waals surface area contributed by atoms with Crippen LogP contribution in [0.2, 0.25) is 0 Å². The molecule has 0 spiro atoms. The lowest BCUT2D eigenvalue weighted by atomic mass is 10.1. The van der Waals surface area contributed by atoms with Gasteiger partial charge in [0.15, 0.2) is 0 Å². The molecule has 0 saturated carbocycles. The van der Waals surface area contributed by atoms with E-state index in [1.807, 2.05) is 26.2 Å². The van der Waals surface area contributed by atoms with Gasteiger partial charge in [0, 0.05) is 19.6 Å². The van der Waals surface area contributed by atoms with E-state index >= 15 is 0 Å². The predicted octanol–water partition coefficient (Wildman–Crippen LogP) is 4.87. The molecule has 134 valence electrons. The second-order valence-corrected chi connectivity index (χ2v) is 6.03. The second-order valence-electron chi connectivity index (χ2n) is 6.03. The Balaban J connectivity index is 4.71. The zero-order valence-corrected chi connectivity index (χ0v) is 16.2. The molecule has 3 nitrogen and oxygen atoms in total. The van der Waals surface area contributed by atoms with Crippen LogP contribution in [-0.4, -0.2) is 37.4 Å². The monoisotopic (exact) mass is 329 g/mol. The lowest BCUT2D eigenvalue weighted by Crippen LogP contribution is -2.24. The van der Waals surface area contributed by atoms with Crippen molar-refractivity contribution >= 4 is 5.84 Å². The Hall–Kier alpha value is -1.87. The largest absolute Gasteiger partial charge is 0.337 e. The highest BCUT2D eigenvalue weighted by Gasteiger charge is 2.01. The van der Waals surface area contributed by atoms with Crippen LogP contribution in [0.15, 0.2) is 65.4 Å². The number of allylic oxidation sites excluding steroid dienone is 3. The molecule has 0 saturated heterocycles. The van der Waals surface area contributed by atoms with Crippen LogP contribution in [0, 0.1) is 0 Å². The minimum atomic E-state index is 0.785. The molecular weight excluding hydrogens is 294 g/mol. The molecule has 0 aromatic heterocycles. The number of aliphatic imine (C=N–C) groups is 1. The molecule has 0 amide bonds. The number of hydrogen-bond donors (Lipinski definition) is 1. The lowest BCUT2D eigenvalue weighted by Gasteiger charge is -2.18. The van der Waals surface area contributed by atoms with E-state index in [-0.39, 0.29) is 0 Å². The summed E-state index contributed by atoms with van der Waals surface area (Å²) >= 11 is 0. The van der Waals surface area contributed by atoms with Gasteiger partial charge in [-0.3, -0.25) is 4.99 Å². The Kier molecular flexibility index (Phi) is 12.5. The number of nitrogens with zero attached hydrogens (tertiary/aromatic N) is 2. The minimum Gasteiger partial charge on any atom is -0.337 e. The van der Waals surface area contributed by atoms with Crippen molar-refractivity contribution in [1.29, 1.82) is 0 Å². The van der Waals surface area contributed by atoms with Crippen molar-refractivity contribution < 1.29 is 0 Å². The maximum Gasteiger partial charge on any atom is 0.0997 e. The van der Waals surface area contributed by atoms with Crippen LogP contribution in [0.25, 0.3) is 0 Å². The molecule has 0 aromatic rings. The molecule has 0 fully saturated rings. The van der Waals surface area contributed by atoms with Gasteiger partial charge in [-0.2, -0.15) is 0 Å². The fraction of sp³-hybridized carbons (Fsp3) is 0.476. The van der Waals surface area contributed by atoms with Crippen molar-refractivity contribution in [3.05, 3.63) is 60.4 Å². The Morgan fingerprint density at radius 1 is 1.12 bits per heavy atom. The maximum atomic E-state index is 4.53. The molecule has 0 atom stereocenters. The van der Waals surface area contributed by atoms with Gasteiger partial charge in [-0.1, -0.05) is 36.5 Å². The molecule has 1 N–H and O–H groups in total. The third-order valence-electron chi connectivity index (χ3n) is 3.55. The zero-order valence-electron chi connectivity index (χ0n) is 16.2. The van der Waals surface area contributed by atoms with E-state index in [9.17, 15) is 0 Å². The van der Waals surface area contributed by atoms with Crippen molar-refractivity contribution in [2.45, 2.75) is 40.5 Å². The van der Waals surface area contributed by atoms with Crippen molar-refractivity contribution in [3.8, 4) is 0 Å². The van der Waals surface area contributed by atoms with E-state index in [1.165, 1.54) is 16.7 Å². The first-order valence-electron chi connectivity index (χ1n) is 8.63. The third kappa shape index (κ3) is 10.0. The standard InChI is InChI=1S/C21H35N3/c1-8-10-14-23-20(6)24(9-2)15-12-11-13-19(5)21(17-22-7)16-18(3)4/h8-9,11,13,16,22H,1-2,10,12,14-15,17H2,3-7H3/b13-11-,21-19-,23-20?. The first-order chi connectivity index (χ1) is 11.5. The molecule has 0 aromatic carbocycles. The predicted molar refractivity (Wildman–Crippen MR) is 110 cm³/mol. The molecular formula is C21H35N3. The zero-order chi connectivity index (χ0) is 18.4. The van der Waals surface area contributed by atoms with Crippen molar-refractivity contribution in [2.24, 2.45) is 4.99 Å². The van der Waals surface area contributed by atoms with E-state index in [2.05, 4.69) is 67.4 Å². The van der Waals surface area contributed by atoms with E-state index in [0.717, 1.165) is 38.3 Å². The summed E-state index contributed by atoms with van der Waals surface area (Å²) in [6.07, 6.45) is 12.3. The van der Waals surface area contributed by atoms with Crippen LogP contribution in [0.5, 0.6) is 0 Å². The van der Waals surface area contributed by atoms with Gasteiger partial charge in [0.1, 0.15) is 0 Å². The second kappa shape index (κ2) is 13.6.